The second-order valence-corrected chi connectivity index (χ2v) is 6.17. The molecule has 0 bridgehead atoms. The molecule has 1 rings (SSSR count). The largest absolute Gasteiger partial charge is 0.382 e. The Morgan fingerprint density at radius 3 is 2.63 bits per heavy atom. The SMILES string of the molecule is COCCOCCS(=O)(=O)NCc1ccccc1Cl. The molecule has 0 aromatic heterocycles. The molecule has 0 aliphatic carbocycles. The van der Waals surface area contributed by atoms with Crippen molar-refractivity contribution in [2.24, 2.45) is 0 Å². The van der Waals surface area contributed by atoms with E-state index >= 15 is 0 Å². The van der Waals surface area contributed by atoms with E-state index in [4.69, 9.17) is 21.1 Å². The fourth-order valence-electron chi connectivity index (χ4n) is 1.31. The quantitative estimate of drug-likeness (QED) is 0.701. The van der Waals surface area contributed by atoms with Crippen molar-refractivity contribution in [3.05, 3.63) is 34.9 Å². The van der Waals surface area contributed by atoms with Crippen molar-refractivity contribution in [1.29, 1.82) is 0 Å². The number of halogens is 1. The lowest BCUT2D eigenvalue weighted by Gasteiger charge is -2.08. The zero-order valence-corrected chi connectivity index (χ0v) is 12.3. The van der Waals surface area contributed by atoms with Gasteiger partial charge >= 0.3 is 0 Å². The van der Waals surface area contributed by atoms with E-state index in [1.807, 2.05) is 6.07 Å². The van der Waals surface area contributed by atoms with Crippen molar-refractivity contribution < 1.29 is 17.9 Å². The molecule has 0 radical (unpaired) electrons. The summed E-state index contributed by atoms with van der Waals surface area (Å²) >= 11 is 5.94. The molecule has 0 amide bonds. The Morgan fingerprint density at radius 1 is 1.21 bits per heavy atom. The summed E-state index contributed by atoms with van der Waals surface area (Å²) in [5, 5.41) is 0.543. The summed E-state index contributed by atoms with van der Waals surface area (Å²) < 4.78 is 35.8. The first-order chi connectivity index (χ1) is 9.05. The highest BCUT2D eigenvalue weighted by atomic mass is 35.5. The molecule has 0 fully saturated rings. The van der Waals surface area contributed by atoms with Crippen LogP contribution in [0.3, 0.4) is 0 Å². The van der Waals surface area contributed by atoms with E-state index in [-0.39, 0.29) is 18.9 Å². The van der Waals surface area contributed by atoms with Crippen LogP contribution in [0.4, 0.5) is 0 Å². The molecule has 1 aromatic carbocycles. The highest BCUT2D eigenvalue weighted by molar-refractivity contribution is 7.89. The monoisotopic (exact) mass is 307 g/mol. The Kier molecular flexibility index (Phi) is 7.33. The van der Waals surface area contributed by atoms with Gasteiger partial charge < -0.3 is 9.47 Å². The van der Waals surface area contributed by atoms with Crippen molar-refractivity contribution in [2.45, 2.75) is 6.54 Å². The van der Waals surface area contributed by atoms with Gasteiger partial charge in [0.05, 0.1) is 25.6 Å². The molecule has 0 aliphatic heterocycles. The van der Waals surface area contributed by atoms with E-state index in [0.717, 1.165) is 5.56 Å². The van der Waals surface area contributed by atoms with Crippen LogP contribution in [0.1, 0.15) is 5.56 Å². The molecule has 0 saturated carbocycles. The van der Waals surface area contributed by atoms with Crippen LogP contribution in [-0.2, 0) is 26.0 Å². The number of rotatable bonds is 9. The normalized spacial score (nSPS) is 11.7. The lowest BCUT2D eigenvalue weighted by atomic mass is 10.2. The van der Waals surface area contributed by atoms with Crippen molar-refractivity contribution >= 4 is 21.6 Å². The van der Waals surface area contributed by atoms with Gasteiger partial charge in [0.15, 0.2) is 0 Å². The lowest BCUT2D eigenvalue weighted by molar-refractivity contribution is 0.0784. The third kappa shape index (κ3) is 6.89. The Morgan fingerprint density at radius 2 is 1.95 bits per heavy atom. The Labute approximate surface area is 118 Å². The Bertz CT molecular complexity index is 478. The van der Waals surface area contributed by atoms with Crippen LogP contribution in [-0.4, -0.2) is 41.1 Å². The zero-order chi connectivity index (χ0) is 14.1. The predicted octanol–water partition coefficient (Wildman–Crippen LogP) is 1.42. The predicted molar refractivity (Wildman–Crippen MR) is 74.8 cm³/mol. The van der Waals surface area contributed by atoms with Crippen LogP contribution in [0.25, 0.3) is 0 Å². The van der Waals surface area contributed by atoms with E-state index in [2.05, 4.69) is 4.72 Å². The first kappa shape index (κ1) is 16.4. The first-order valence-corrected chi connectivity index (χ1v) is 7.85. The van der Waals surface area contributed by atoms with Crippen molar-refractivity contribution in [3.8, 4) is 0 Å². The van der Waals surface area contributed by atoms with Crippen molar-refractivity contribution in [3.63, 3.8) is 0 Å². The number of benzene rings is 1. The Hall–Kier alpha value is -0.660. The number of hydrogen-bond acceptors (Lipinski definition) is 4. The average Bonchev–Trinajstić information content (AvgIpc) is 2.37. The summed E-state index contributed by atoms with van der Waals surface area (Å²) in [7, 11) is -1.80. The summed E-state index contributed by atoms with van der Waals surface area (Å²) in [6.45, 7) is 1.16. The first-order valence-electron chi connectivity index (χ1n) is 5.82. The maximum atomic E-state index is 11.7. The minimum Gasteiger partial charge on any atom is -0.382 e. The molecular weight excluding hydrogens is 290 g/mol. The third-order valence-electron chi connectivity index (χ3n) is 2.37. The molecular formula is C12H18ClNO4S. The maximum Gasteiger partial charge on any atom is 0.214 e. The zero-order valence-electron chi connectivity index (χ0n) is 10.8. The van der Waals surface area contributed by atoms with Gasteiger partial charge in [-0.3, -0.25) is 0 Å². The van der Waals surface area contributed by atoms with Crippen LogP contribution in [0.2, 0.25) is 5.02 Å². The summed E-state index contributed by atoms with van der Waals surface area (Å²) in [6, 6.07) is 7.10. The minimum atomic E-state index is -3.36. The molecule has 108 valence electrons. The van der Waals surface area contributed by atoms with Crippen LogP contribution < -0.4 is 4.72 Å². The standard InChI is InChI=1S/C12H18ClNO4S/c1-17-6-7-18-8-9-19(15,16)14-10-11-4-2-3-5-12(11)13/h2-5,14H,6-10H2,1H3. The number of sulfonamides is 1. The van der Waals surface area contributed by atoms with E-state index in [0.29, 0.717) is 18.2 Å². The summed E-state index contributed by atoms with van der Waals surface area (Å²) in [5.74, 6) is -0.0822. The third-order valence-corrected chi connectivity index (χ3v) is 4.03. The van der Waals surface area contributed by atoms with Gasteiger partial charge in [0, 0.05) is 18.7 Å². The molecule has 1 N–H and O–H groups in total. The fourth-order valence-corrected chi connectivity index (χ4v) is 2.37. The van der Waals surface area contributed by atoms with Crippen LogP contribution in [0.5, 0.6) is 0 Å². The Balaban J connectivity index is 2.33. The highest BCUT2D eigenvalue weighted by Gasteiger charge is 2.10. The molecule has 0 unspecified atom stereocenters. The van der Waals surface area contributed by atoms with Gasteiger partial charge in [-0.1, -0.05) is 29.8 Å². The smallest absolute Gasteiger partial charge is 0.214 e. The van der Waals surface area contributed by atoms with Crippen molar-refractivity contribution in [1.82, 2.24) is 4.72 Å². The molecule has 0 aliphatic rings. The van der Waals surface area contributed by atoms with E-state index in [1.54, 1.807) is 25.3 Å². The van der Waals surface area contributed by atoms with Crippen LogP contribution in [0, 0.1) is 0 Å². The van der Waals surface area contributed by atoms with Crippen molar-refractivity contribution in [2.75, 3.05) is 32.7 Å². The molecule has 7 heteroatoms. The number of hydrogen-bond donors (Lipinski definition) is 1. The molecule has 19 heavy (non-hydrogen) atoms. The highest BCUT2D eigenvalue weighted by Crippen LogP contribution is 2.14. The molecule has 0 heterocycles. The van der Waals surface area contributed by atoms with E-state index in [1.165, 1.54) is 0 Å². The second-order valence-electron chi connectivity index (χ2n) is 3.84. The van der Waals surface area contributed by atoms with Gasteiger partial charge in [0.1, 0.15) is 0 Å². The minimum absolute atomic E-state index is 0.0822. The topological polar surface area (TPSA) is 64.6 Å². The van der Waals surface area contributed by atoms with Gasteiger partial charge in [0.25, 0.3) is 0 Å². The maximum absolute atomic E-state index is 11.7. The van der Waals surface area contributed by atoms with E-state index in [9.17, 15) is 8.42 Å². The molecule has 0 spiro atoms. The van der Waals surface area contributed by atoms with Gasteiger partial charge in [-0.25, -0.2) is 13.1 Å². The number of ether oxygens (including phenoxy) is 2. The number of methoxy groups -OCH3 is 1. The molecule has 1 aromatic rings. The lowest BCUT2D eigenvalue weighted by Crippen LogP contribution is -2.28. The second kappa shape index (κ2) is 8.50. The summed E-state index contributed by atoms with van der Waals surface area (Å²) in [5.41, 5.74) is 0.744. The fraction of sp³-hybridized carbons (Fsp3) is 0.500. The molecule has 0 saturated heterocycles. The molecule has 0 atom stereocenters. The van der Waals surface area contributed by atoms with Gasteiger partial charge in [-0.2, -0.15) is 0 Å². The van der Waals surface area contributed by atoms with Gasteiger partial charge in [-0.05, 0) is 11.6 Å². The number of nitrogens with one attached hydrogen (secondary N) is 1. The molecule has 5 nitrogen and oxygen atoms in total. The summed E-state index contributed by atoms with van der Waals surface area (Å²) in [6.07, 6.45) is 0. The van der Waals surface area contributed by atoms with Gasteiger partial charge in [-0.15, -0.1) is 0 Å². The van der Waals surface area contributed by atoms with Crippen LogP contribution >= 0.6 is 11.6 Å². The summed E-state index contributed by atoms with van der Waals surface area (Å²) in [4.78, 5) is 0. The van der Waals surface area contributed by atoms with Gasteiger partial charge in [0.2, 0.25) is 10.0 Å². The van der Waals surface area contributed by atoms with Crippen LogP contribution in [0.15, 0.2) is 24.3 Å². The van der Waals surface area contributed by atoms with E-state index < -0.39 is 10.0 Å². The average molecular weight is 308 g/mol.